The van der Waals surface area contributed by atoms with Crippen LogP contribution in [0.15, 0.2) is 47.2 Å². The van der Waals surface area contributed by atoms with E-state index in [0.29, 0.717) is 12.1 Å². The lowest BCUT2D eigenvalue weighted by atomic mass is 10.0. The van der Waals surface area contributed by atoms with Crippen LogP contribution in [0.3, 0.4) is 0 Å². The highest BCUT2D eigenvalue weighted by Crippen LogP contribution is 2.26. The van der Waals surface area contributed by atoms with Crippen molar-refractivity contribution in [3.05, 3.63) is 58.3 Å². The summed E-state index contributed by atoms with van der Waals surface area (Å²) in [5.41, 5.74) is 1.76. The maximum atomic E-state index is 12.5. The Hall–Kier alpha value is -1.92. The van der Waals surface area contributed by atoms with Gasteiger partial charge in [-0.3, -0.25) is 14.7 Å². The average Bonchev–Trinajstić information content (AvgIpc) is 2.69. The van der Waals surface area contributed by atoms with Gasteiger partial charge in [0.2, 0.25) is 0 Å². The van der Waals surface area contributed by atoms with Crippen molar-refractivity contribution in [1.82, 2.24) is 15.2 Å². The summed E-state index contributed by atoms with van der Waals surface area (Å²) in [7, 11) is 1.67. The van der Waals surface area contributed by atoms with Crippen LogP contribution < -0.4 is 10.1 Å². The number of carbonyl (C=O) groups is 1. The maximum Gasteiger partial charge on any atom is 0.252 e. The number of ether oxygens (including phenoxy) is 1. The first kappa shape index (κ1) is 18.9. The van der Waals surface area contributed by atoms with Gasteiger partial charge in [-0.15, -0.1) is 0 Å². The number of methoxy groups -OCH3 is 1. The molecule has 1 amide bonds. The average molecular weight is 418 g/mol. The van der Waals surface area contributed by atoms with E-state index in [1.807, 2.05) is 12.1 Å². The molecule has 0 bridgehead atoms. The molecule has 1 aromatic heterocycles. The van der Waals surface area contributed by atoms with Crippen LogP contribution in [0.25, 0.3) is 0 Å². The second-order valence-electron chi connectivity index (χ2n) is 6.49. The third kappa shape index (κ3) is 4.83. The molecular formula is C20H24BrN3O2. The van der Waals surface area contributed by atoms with Gasteiger partial charge < -0.3 is 10.1 Å². The Bertz CT molecular complexity index is 730. The predicted molar refractivity (Wildman–Crippen MR) is 105 cm³/mol. The number of rotatable bonds is 6. The van der Waals surface area contributed by atoms with Crippen LogP contribution in [-0.4, -0.2) is 42.5 Å². The molecule has 3 rings (SSSR count). The van der Waals surface area contributed by atoms with Crippen LogP contribution >= 0.6 is 15.9 Å². The zero-order valence-corrected chi connectivity index (χ0v) is 16.5. The summed E-state index contributed by atoms with van der Waals surface area (Å²) >= 11 is 3.36. The molecule has 6 heteroatoms. The summed E-state index contributed by atoms with van der Waals surface area (Å²) in [5, 5.41) is 3.08. The number of aromatic nitrogens is 1. The lowest BCUT2D eigenvalue weighted by molar-refractivity contribution is 0.0924. The van der Waals surface area contributed by atoms with Gasteiger partial charge in [0, 0.05) is 23.4 Å². The molecule has 138 valence electrons. The summed E-state index contributed by atoms with van der Waals surface area (Å²) in [6.07, 6.45) is 6.95. The van der Waals surface area contributed by atoms with Crippen LogP contribution in [0, 0.1) is 0 Å². The number of benzene rings is 1. The zero-order valence-electron chi connectivity index (χ0n) is 15.0. The SMILES string of the molecule is COc1ccc([C@@H](CNC(=O)c2cncc(Br)c2)N2CCCCC2)cc1. The highest BCUT2D eigenvalue weighted by molar-refractivity contribution is 9.10. The van der Waals surface area contributed by atoms with Gasteiger partial charge in [0.1, 0.15) is 5.75 Å². The van der Waals surface area contributed by atoms with Crippen molar-refractivity contribution >= 4 is 21.8 Å². The number of halogens is 1. The minimum atomic E-state index is -0.102. The number of carbonyl (C=O) groups excluding carboxylic acids is 1. The van der Waals surface area contributed by atoms with Gasteiger partial charge in [-0.05, 0) is 65.6 Å². The molecule has 0 radical (unpaired) electrons. The number of likely N-dealkylation sites (tertiary alicyclic amines) is 1. The summed E-state index contributed by atoms with van der Waals surface area (Å²) < 4.78 is 6.07. The molecule has 0 unspecified atom stereocenters. The number of amides is 1. The summed E-state index contributed by atoms with van der Waals surface area (Å²) in [4.78, 5) is 19.0. The zero-order chi connectivity index (χ0) is 18.4. The first-order valence-corrected chi connectivity index (χ1v) is 9.73. The molecule has 2 heterocycles. The molecule has 5 nitrogen and oxygen atoms in total. The van der Waals surface area contributed by atoms with Gasteiger partial charge in [-0.1, -0.05) is 18.6 Å². The summed E-state index contributed by atoms with van der Waals surface area (Å²) in [6.45, 7) is 2.69. The largest absolute Gasteiger partial charge is 0.497 e. The van der Waals surface area contributed by atoms with Gasteiger partial charge in [0.15, 0.2) is 0 Å². The van der Waals surface area contributed by atoms with Gasteiger partial charge >= 0.3 is 0 Å². The van der Waals surface area contributed by atoms with Crippen molar-refractivity contribution < 1.29 is 9.53 Å². The van der Waals surface area contributed by atoms with E-state index in [0.717, 1.165) is 23.3 Å². The number of piperidine rings is 1. The van der Waals surface area contributed by atoms with Crippen molar-refractivity contribution in [3.63, 3.8) is 0 Å². The molecule has 1 aromatic carbocycles. The lowest BCUT2D eigenvalue weighted by Gasteiger charge is -2.35. The number of hydrogen-bond donors (Lipinski definition) is 1. The highest BCUT2D eigenvalue weighted by atomic mass is 79.9. The fraction of sp³-hybridized carbons (Fsp3) is 0.400. The van der Waals surface area contributed by atoms with E-state index in [1.165, 1.54) is 24.8 Å². The Morgan fingerprint density at radius 3 is 2.62 bits per heavy atom. The smallest absolute Gasteiger partial charge is 0.252 e. The van der Waals surface area contributed by atoms with Gasteiger partial charge in [-0.2, -0.15) is 0 Å². The maximum absolute atomic E-state index is 12.5. The van der Waals surface area contributed by atoms with Gasteiger partial charge in [-0.25, -0.2) is 0 Å². The normalized spacial score (nSPS) is 16.1. The summed E-state index contributed by atoms with van der Waals surface area (Å²) in [6, 6.07) is 10.1. The minimum Gasteiger partial charge on any atom is -0.497 e. The molecule has 0 spiro atoms. The standard InChI is InChI=1S/C20H24BrN3O2/c1-26-18-7-5-15(6-8-18)19(24-9-3-2-4-10-24)14-23-20(25)16-11-17(21)13-22-12-16/h5-8,11-13,19H,2-4,9-10,14H2,1H3,(H,23,25)/t19-/m1/s1. The van der Waals surface area contributed by atoms with Crippen LogP contribution in [0.5, 0.6) is 5.75 Å². The van der Waals surface area contributed by atoms with Crippen molar-refractivity contribution in [1.29, 1.82) is 0 Å². The van der Waals surface area contributed by atoms with E-state index in [-0.39, 0.29) is 11.9 Å². The van der Waals surface area contributed by atoms with E-state index in [2.05, 4.69) is 43.3 Å². The molecule has 26 heavy (non-hydrogen) atoms. The molecule has 0 aliphatic carbocycles. The molecule has 1 N–H and O–H groups in total. The van der Waals surface area contributed by atoms with Crippen molar-refractivity contribution in [2.24, 2.45) is 0 Å². The Morgan fingerprint density at radius 1 is 1.23 bits per heavy atom. The number of nitrogens with one attached hydrogen (secondary N) is 1. The second kappa shape index (κ2) is 9.14. The van der Waals surface area contributed by atoms with Crippen LogP contribution in [-0.2, 0) is 0 Å². The molecule has 2 aromatic rings. The lowest BCUT2D eigenvalue weighted by Crippen LogP contribution is -2.40. The number of nitrogens with zero attached hydrogens (tertiary/aromatic N) is 2. The first-order chi connectivity index (χ1) is 12.7. The summed E-state index contributed by atoms with van der Waals surface area (Å²) in [5.74, 6) is 0.740. The molecule has 1 aliphatic heterocycles. The molecule has 1 fully saturated rings. The monoisotopic (exact) mass is 417 g/mol. The Labute approximate surface area is 162 Å². The Morgan fingerprint density at radius 2 is 1.96 bits per heavy atom. The van der Waals surface area contributed by atoms with Crippen LogP contribution in [0.2, 0.25) is 0 Å². The van der Waals surface area contributed by atoms with Crippen molar-refractivity contribution in [2.75, 3.05) is 26.7 Å². The predicted octanol–water partition coefficient (Wildman–Crippen LogP) is 3.81. The number of hydrogen-bond acceptors (Lipinski definition) is 4. The van der Waals surface area contributed by atoms with E-state index in [9.17, 15) is 4.79 Å². The third-order valence-corrected chi connectivity index (χ3v) is 5.19. The highest BCUT2D eigenvalue weighted by Gasteiger charge is 2.23. The Kier molecular flexibility index (Phi) is 6.63. The van der Waals surface area contributed by atoms with E-state index >= 15 is 0 Å². The first-order valence-electron chi connectivity index (χ1n) is 8.94. The molecule has 1 atom stereocenters. The fourth-order valence-electron chi connectivity index (χ4n) is 3.34. The third-order valence-electron chi connectivity index (χ3n) is 4.76. The van der Waals surface area contributed by atoms with Crippen molar-refractivity contribution in [3.8, 4) is 5.75 Å². The topological polar surface area (TPSA) is 54.5 Å². The van der Waals surface area contributed by atoms with Crippen LogP contribution in [0.4, 0.5) is 0 Å². The van der Waals surface area contributed by atoms with E-state index < -0.39 is 0 Å². The van der Waals surface area contributed by atoms with E-state index in [4.69, 9.17) is 4.74 Å². The second-order valence-corrected chi connectivity index (χ2v) is 7.40. The molecular weight excluding hydrogens is 394 g/mol. The van der Waals surface area contributed by atoms with Crippen LogP contribution in [0.1, 0.15) is 41.2 Å². The van der Waals surface area contributed by atoms with Crippen molar-refractivity contribution in [2.45, 2.75) is 25.3 Å². The van der Waals surface area contributed by atoms with Gasteiger partial charge in [0.25, 0.3) is 5.91 Å². The Balaban J connectivity index is 1.73. The quantitative estimate of drug-likeness (QED) is 0.775. The minimum absolute atomic E-state index is 0.102. The molecule has 1 aliphatic rings. The van der Waals surface area contributed by atoms with E-state index in [1.54, 1.807) is 25.6 Å². The fourth-order valence-corrected chi connectivity index (χ4v) is 3.71. The van der Waals surface area contributed by atoms with Gasteiger partial charge in [0.05, 0.1) is 18.7 Å². The molecule has 0 saturated carbocycles. The number of pyridine rings is 1. The molecule has 1 saturated heterocycles.